The van der Waals surface area contributed by atoms with Gasteiger partial charge in [-0.15, -0.1) is 12.4 Å². The van der Waals surface area contributed by atoms with Gasteiger partial charge in [0.2, 0.25) is 15.9 Å². The zero-order valence-electron chi connectivity index (χ0n) is 15.8. The summed E-state index contributed by atoms with van der Waals surface area (Å²) >= 11 is 0. The number of nitrogens with zero attached hydrogens (tertiary/aromatic N) is 1. The highest BCUT2D eigenvalue weighted by Gasteiger charge is 2.46. The first-order valence-corrected chi connectivity index (χ1v) is 10.8. The predicted molar refractivity (Wildman–Crippen MR) is 103 cm³/mol. The van der Waals surface area contributed by atoms with Crippen LogP contribution in [0.25, 0.3) is 0 Å². The Morgan fingerprint density at radius 2 is 1.93 bits per heavy atom. The maximum Gasteiger partial charge on any atom is 0.246 e. The van der Waals surface area contributed by atoms with Gasteiger partial charge >= 0.3 is 0 Å². The highest BCUT2D eigenvalue weighted by molar-refractivity contribution is 7.89. The topological polar surface area (TPSA) is 127 Å². The van der Waals surface area contributed by atoms with Crippen LogP contribution in [0.1, 0.15) is 56.4 Å². The van der Waals surface area contributed by atoms with E-state index in [-0.39, 0.29) is 40.9 Å². The summed E-state index contributed by atoms with van der Waals surface area (Å²) in [6, 6.07) is 0.0218. The van der Waals surface area contributed by atoms with E-state index < -0.39 is 15.6 Å². The number of nitrogens with one attached hydrogen (secondary N) is 2. The molecule has 2 atom stereocenters. The van der Waals surface area contributed by atoms with Crippen molar-refractivity contribution in [3.05, 3.63) is 11.5 Å². The van der Waals surface area contributed by atoms with Crippen molar-refractivity contribution in [3.63, 3.8) is 0 Å². The molecule has 4 N–H and O–H groups in total. The van der Waals surface area contributed by atoms with Gasteiger partial charge in [0.05, 0.1) is 0 Å². The lowest BCUT2D eigenvalue weighted by Gasteiger charge is -2.31. The Labute approximate surface area is 166 Å². The summed E-state index contributed by atoms with van der Waals surface area (Å²) in [6.07, 6.45) is 5.51. The number of carbonyl (C=O) groups excluding carboxylic acids is 1. The minimum absolute atomic E-state index is 0. The van der Waals surface area contributed by atoms with E-state index in [1.165, 1.54) is 0 Å². The molecule has 3 rings (SSSR count). The van der Waals surface area contributed by atoms with Gasteiger partial charge in [-0.25, -0.2) is 8.42 Å². The van der Waals surface area contributed by atoms with E-state index in [1.807, 2.05) is 0 Å². The van der Waals surface area contributed by atoms with Gasteiger partial charge in [-0.1, -0.05) is 24.4 Å². The fraction of sp³-hybridized carbons (Fsp3) is 0.765. The summed E-state index contributed by atoms with van der Waals surface area (Å²) in [5, 5.41) is 6.79. The van der Waals surface area contributed by atoms with Crippen molar-refractivity contribution in [2.45, 2.75) is 75.3 Å². The van der Waals surface area contributed by atoms with Crippen molar-refractivity contribution in [3.8, 4) is 0 Å². The number of aryl methyl sites for hydroxylation is 2. The Balaban J connectivity index is 0.00000261. The van der Waals surface area contributed by atoms with Gasteiger partial charge < -0.3 is 15.6 Å². The second kappa shape index (κ2) is 8.46. The Morgan fingerprint density at radius 3 is 2.48 bits per heavy atom. The fourth-order valence-electron chi connectivity index (χ4n) is 4.34. The summed E-state index contributed by atoms with van der Waals surface area (Å²) < 4.78 is 33.6. The third kappa shape index (κ3) is 4.31. The normalized spacial score (nSPS) is 24.6. The Bertz CT molecular complexity index is 754. The molecule has 10 heteroatoms. The fourth-order valence-corrected chi connectivity index (χ4v) is 6.09. The molecule has 1 aromatic rings. The predicted octanol–water partition coefficient (Wildman–Crippen LogP) is 1.55. The van der Waals surface area contributed by atoms with Crippen LogP contribution >= 0.6 is 12.4 Å². The minimum Gasteiger partial charge on any atom is -0.360 e. The van der Waals surface area contributed by atoms with Crippen molar-refractivity contribution in [2.75, 3.05) is 6.54 Å². The van der Waals surface area contributed by atoms with Crippen LogP contribution in [-0.2, 0) is 14.8 Å². The van der Waals surface area contributed by atoms with Crippen LogP contribution in [0.15, 0.2) is 9.42 Å². The maximum atomic E-state index is 13.1. The third-order valence-corrected chi connectivity index (χ3v) is 7.52. The Hall–Kier alpha value is -1.16. The molecule has 0 aliphatic heterocycles. The second-order valence-corrected chi connectivity index (χ2v) is 9.17. The molecule has 0 radical (unpaired) electrons. The van der Waals surface area contributed by atoms with Crippen LogP contribution in [0.3, 0.4) is 0 Å². The molecular formula is C17H29ClN4O4S. The van der Waals surface area contributed by atoms with Crippen molar-refractivity contribution in [1.82, 2.24) is 15.2 Å². The average molecular weight is 421 g/mol. The SMILES string of the molecule is Cc1noc(C)c1S(=O)(=O)NC1(C(=O)NC2CCCC2CN)CCCC1.Cl. The van der Waals surface area contributed by atoms with Crippen molar-refractivity contribution in [2.24, 2.45) is 11.7 Å². The summed E-state index contributed by atoms with van der Waals surface area (Å²) in [7, 11) is -3.91. The van der Waals surface area contributed by atoms with E-state index in [0.29, 0.717) is 25.1 Å². The van der Waals surface area contributed by atoms with E-state index in [0.717, 1.165) is 32.1 Å². The average Bonchev–Trinajstić information content (AvgIpc) is 3.28. The molecule has 0 bridgehead atoms. The molecule has 2 aliphatic rings. The number of rotatable bonds is 6. The zero-order valence-corrected chi connectivity index (χ0v) is 17.4. The number of hydrogen-bond donors (Lipinski definition) is 3. The second-order valence-electron chi connectivity index (χ2n) is 7.55. The van der Waals surface area contributed by atoms with Crippen LogP contribution in [-0.4, -0.2) is 37.6 Å². The molecule has 2 saturated carbocycles. The molecule has 1 heterocycles. The number of nitrogens with two attached hydrogens (primary N) is 1. The third-order valence-electron chi connectivity index (χ3n) is 5.74. The van der Waals surface area contributed by atoms with E-state index in [4.69, 9.17) is 10.3 Å². The van der Waals surface area contributed by atoms with Gasteiger partial charge in [0.1, 0.15) is 16.1 Å². The van der Waals surface area contributed by atoms with Crippen LogP contribution in [0, 0.1) is 19.8 Å². The Kier molecular flexibility index (Phi) is 6.94. The first kappa shape index (κ1) is 22.1. The summed E-state index contributed by atoms with van der Waals surface area (Å²) in [4.78, 5) is 13.1. The van der Waals surface area contributed by atoms with Crippen LogP contribution in [0.2, 0.25) is 0 Å². The summed E-state index contributed by atoms with van der Waals surface area (Å²) in [6.45, 7) is 3.67. The molecule has 1 aromatic heterocycles. The molecule has 0 saturated heterocycles. The largest absolute Gasteiger partial charge is 0.360 e. The lowest BCUT2D eigenvalue weighted by molar-refractivity contribution is -0.127. The molecule has 8 nitrogen and oxygen atoms in total. The van der Waals surface area contributed by atoms with Crippen molar-refractivity contribution in [1.29, 1.82) is 0 Å². The lowest BCUT2D eigenvalue weighted by atomic mass is 9.96. The number of sulfonamides is 1. The summed E-state index contributed by atoms with van der Waals surface area (Å²) in [5.74, 6) is 0.245. The van der Waals surface area contributed by atoms with Gasteiger partial charge in [0, 0.05) is 6.04 Å². The number of carbonyl (C=O) groups is 1. The molecule has 0 aromatic carbocycles. The van der Waals surface area contributed by atoms with Gasteiger partial charge in [-0.05, 0) is 52.0 Å². The zero-order chi connectivity index (χ0) is 18.9. The number of hydrogen-bond acceptors (Lipinski definition) is 6. The van der Waals surface area contributed by atoms with Crippen LogP contribution in [0.5, 0.6) is 0 Å². The van der Waals surface area contributed by atoms with Gasteiger partial charge in [-0.3, -0.25) is 4.79 Å². The first-order valence-electron chi connectivity index (χ1n) is 9.27. The first-order chi connectivity index (χ1) is 12.3. The summed E-state index contributed by atoms with van der Waals surface area (Å²) in [5.41, 5.74) is 4.99. The molecule has 0 spiro atoms. The van der Waals surface area contributed by atoms with E-state index >= 15 is 0 Å². The van der Waals surface area contributed by atoms with Crippen molar-refractivity contribution < 1.29 is 17.7 Å². The number of aromatic nitrogens is 1. The van der Waals surface area contributed by atoms with Gasteiger partial charge in [-0.2, -0.15) is 4.72 Å². The van der Waals surface area contributed by atoms with E-state index in [2.05, 4.69) is 15.2 Å². The van der Waals surface area contributed by atoms with E-state index in [9.17, 15) is 13.2 Å². The monoisotopic (exact) mass is 420 g/mol. The molecule has 1 amide bonds. The minimum atomic E-state index is -3.91. The Morgan fingerprint density at radius 1 is 1.26 bits per heavy atom. The van der Waals surface area contributed by atoms with Crippen molar-refractivity contribution >= 4 is 28.3 Å². The highest BCUT2D eigenvalue weighted by Crippen LogP contribution is 2.34. The lowest BCUT2D eigenvalue weighted by Crippen LogP contribution is -2.59. The van der Waals surface area contributed by atoms with Crippen LogP contribution in [0.4, 0.5) is 0 Å². The van der Waals surface area contributed by atoms with Gasteiger partial charge in [0.25, 0.3) is 0 Å². The smallest absolute Gasteiger partial charge is 0.246 e. The van der Waals surface area contributed by atoms with Crippen LogP contribution < -0.4 is 15.8 Å². The molecule has 27 heavy (non-hydrogen) atoms. The van der Waals surface area contributed by atoms with Gasteiger partial charge in [0.15, 0.2) is 5.76 Å². The van der Waals surface area contributed by atoms with E-state index in [1.54, 1.807) is 13.8 Å². The number of halogens is 1. The highest BCUT2D eigenvalue weighted by atomic mass is 35.5. The standard InChI is InChI=1S/C17H28N4O4S.ClH/c1-11-15(12(2)25-20-11)26(23,24)21-17(8-3-4-9-17)16(22)19-14-7-5-6-13(14)10-18;/h13-14,21H,3-10,18H2,1-2H3,(H,19,22);1H. The molecule has 2 unspecified atom stereocenters. The number of amides is 1. The maximum absolute atomic E-state index is 13.1. The molecule has 154 valence electrons. The molecule has 2 aliphatic carbocycles. The molecular weight excluding hydrogens is 392 g/mol. The quantitative estimate of drug-likeness (QED) is 0.640. The molecule has 2 fully saturated rings.